The molecule has 0 rings (SSSR count). The van der Waals surface area contributed by atoms with E-state index in [1.165, 1.54) is 0 Å². The fraction of sp³-hybridized carbons (Fsp3) is 1.00. The third-order valence-electron chi connectivity index (χ3n) is 0.687. The minimum absolute atomic E-state index is 3.26. The van der Waals surface area contributed by atoms with Crippen molar-refractivity contribution in [2.75, 3.05) is 0 Å². The summed E-state index contributed by atoms with van der Waals surface area (Å²) >= 11 is 8.13. The van der Waals surface area contributed by atoms with E-state index in [0.717, 1.165) is 0 Å². The molecule has 0 aromatic heterocycles. The van der Waals surface area contributed by atoms with E-state index in [4.69, 9.17) is 5.11 Å². The highest BCUT2D eigenvalue weighted by molar-refractivity contribution is 6.25. The molecule has 2 atom stereocenters. The molecule has 0 fully saturated rings. The molecule has 0 spiro atoms. The maximum Gasteiger partial charge on any atom is 0.383 e. The Labute approximate surface area is 63.5 Å². The van der Waals surface area contributed by atoms with Gasteiger partial charge in [-0.25, -0.2) is 4.39 Å². The molecule has 0 aliphatic carbocycles. The van der Waals surface area contributed by atoms with Gasteiger partial charge in [0.25, 0.3) is 0 Å². The minimum atomic E-state index is -4.73. The first-order chi connectivity index (χ1) is 4.19. The first-order valence-electron chi connectivity index (χ1n) is 1.95. The van der Waals surface area contributed by atoms with Crippen LogP contribution in [0.5, 0.6) is 0 Å². The summed E-state index contributed by atoms with van der Waals surface area (Å²) in [6, 6.07) is 0. The zero-order valence-corrected chi connectivity index (χ0v) is 5.80. The molecule has 7 heteroatoms. The normalized spacial score (nSPS) is 21.9. The molecule has 10 heavy (non-hydrogen) atoms. The SMILES string of the molecule is OC(F)(C(F)Cl)C(F)(F)Cl. The molecule has 62 valence electrons. The largest absolute Gasteiger partial charge is 0.383 e. The zero-order valence-electron chi connectivity index (χ0n) is 4.29. The maximum absolute atomic E-state index is 11.9. The zero-order chi connectivity index (χ0) is 8.58. The first kappa shape index (κ1) is 10.3. The summed E-state index contributed by atoms with van der Waals surface area (Å²) in [5.74, 6) is -4.53. The molecule has 0 saturated heterocycles. The summed E-state index contributed by atoms with van der Waals surface area (Å²) < 4.78 is 46.6. The van der Waals surface area contributed by atoms with Crippen molar-refractivity contribution in [3.63, 3.8) is 0 Å². The molecule has 1 nitrogen and oxygen atoms in total. The van der Waals surface area contributed by atoms with Gasteiger partial charge in [-0.1, -0.05) is 11.6 Å². The summed E-state index contributed by atoms with van der Waals surface area (Å²) in [6.07, 6.45) is 0. The van der Waals surface area contributed by atoms with Crippen LogP contribution in [0, 0.1) is 0 Å². The van der Waals surface area contributed by atoms with Crippen molar-refractivity contribution in [2.45, 2.75) is 16.9 Å². The summed E-state index contributed by atoms with van der Waals surface area (Å²) in [4.78, 5) is 0. The molecule has 0 aliphatic rings. The van der Waals surface area contributed by atoms with E-state index in [9.17, 15) is 17.6 Å². The van der Waals surface area contributed by atoms with Crippen LogP contribution in [-0.4, -0.2) is 22.0 Å². The molecule has 0 bridgehead atoms. The van der Waals surface area contributed by atoms with E-state index >= 15 is 0 Å². The van der Waals surface area contributed by atoms with Gasteiger partial charge < -0.3 is 5.11 Å². The summed E-state index contributed by atoms with van der Waals surface area (Å²) in [6.45, 7) is 0. The van der Waals surface area contributed by atoms with Crippen LogP contribution in [0.2, 0.25) is 0 Å². The number of hydrogen-bond donors (Lipinski definition) is 1. The Bertz CT molecular complexity index is 120. The van der Waals surface area contributed by atoms with Crippen molar-refractivity contribution < 1.29 is 22.7 Å². The van der Waals surface area contributed by atoms with Crippen molar-refractivity contribution in [1.82, 2.24) is 0 Å². The Balaban J connectivity index is 4.40. The summed E-state index contributed by atoms with van der Waals surface area (Å²) in [5.41, 5.74) is -3.26. The van der Waals surface area contributed by atoms with Gasteiger partial charge in [0.1, 0.15) is 0 Å². The third-order valence-corrected chi connectivity index (χ3v) is 1.24. The summed E-state index contributed by atoms with van der Waals surface area (Å²) in [7, 11) is 0. The molecular formula is C3H2Cl2F4O. The van der Waals surface area contributed by atoms with Crippen LogP contribution in [0.1, 0.15) is 0 Å². The Morgan fingerprint density at radius 2 is 1.60 bits per heavy atom. The van der Waals surface area contributed by atoms with E-state index in [0.29, 0.717) is 0 Å². The third kappa shape index (κ3) is 1.87. The Morgan fingerprint density at radius 3 is 1.60 bits per heavy atom. The van der Waals surface area contributed by atoms with Gasteiger partial charge in [-0.2, -0.15) is 13.2 Å². The minimum Gasteiger partial charge on any atom is -0.353 e. The average Bonchev–Trinajstić information content (AvgIpc) is 1.62. The van der Waals surface area contributed by atoms with Gasteiger partial charge in [0.05, 0.1) is 0 Å². The summed E-state index contributed by atoms with van der Waals surface area (Å²) in [5, 5.41) is 3.14. The van der Waals surface area contributed by atoms with Crippen LogP contribution in [0.15, 0.2) is 0 Å². The smallest absolute Gasteiger partial charge is 0.353 e. The fourth-order valence-electron chi connectivity index (χ4n) is 0.124. The number of aliphatic hydroxyl groups is 1. The molecule has 0 heterocycles. The lowest BCUT2D eigenvalue weighted by Gasteiger charge is -2.22. The van der Waals surface area contributed by atoms with Crippen molar-refractivity contribution >= 4 is 23.2 Å². The van der Waals surface area contributed by atoms with E-state index in [2.05, 4.69) is 23.2 Å². The lowest BCUT2D eigenvalue weighted by molar-refractivity contribution is -0.227. The standard InChI is InChI=1S/C3H2Cl2F4O/c4-1(6)2(7,10)3(5,8)9/h1,10H. The van der Waals surface area contributed by atoms with Crippen LogP contribution in [0.25, 0.3) is 0 Å². The molecule has 1 N–H and O–H groups in total. The van der Waals surface area contributed by atoms with Gasteiger partial charge in [0, 0.05) is 0 Å². The highest BCUT2D eigenvalue weighted by Gasteiger charge is 2.58. The van der Waals surface area contributed by atoms with Crippen molar-refractivity contribution in [3.8, 4) is 0 Å². The van der Waals surface area contributed by atoms with Gasteiger partial charge in [-0.3, -0.25) is 0 Å². The molecule has 0 saturated carbocycles. The fourth-order valence-corrected chi connectivity index (χ4v) is 0.412. The number of halogens is 6. The van der Waals surface area contributed by atoms with Gasteiger partial charge in [0.15, 0.2) is 0 Å². The highest BCUT2D eigenvalue weighted by atomic mass is 35.5. The molecule has 0 radical (unpaired) electrons. The number of hydrogen-bond acceptors (Lipinski definition) is 1. The molecule has 0 aromatic rings. The monoisotopic (exact) mass is 200 g/mol. The van der Waals surface area contributed by atoms with Crippen LogP contribution < -0.4 is 0 Å². The van der Waals surface area contributed by atoms with E-state index in [1.54, 1.807) is 0 Å². The second kappa shape index (κ2) is 2.71. The van der Waals surface area contributed by atoms with Gasteiger partial charge >= 0.3 is 11.2 Å². The predicted octanol–water partition coefficient (Wildman–Crippen LogP) is 2.01. The Hall–Kier alpha value is 0.260. The topological polar surface area (TPSA) is 20.2 Å². The van der Waals surface area contributed by atoms with E-state index in [-0.39, 0.29) is 0 Å². The second-order valence-corrected chi connectivity index (χ2v) is 2.33. The van der Waals surface area contributed by atoms with E-state index < -0.39 is 16.9 Å². The maximum atomic E-state index is 11.9. The molecular weight excluding hydrogens is 199 g/mol. The number of alkyl halides is 6. The van der Waals surface area contributed by atoms with Crippen molar-refractivity contribution in [2.24, 2.45) is 0 Å². The van der Waals surface area contributed by atoms with E-state index in [1.807, 2.05) is 0 Å². The first-order valence-corrected chi connectivity index (χ1v) is 2.77. The van der Waals surface area contributed by atoms with Crippen LogP contribution in [-0.2, 0) is 0 Å². The molecule has 0 aliphatic heterocycles. The van der Waals surface area contributed by atoms with Crippen molar-refractivity contribution in [3.05, 3.63) is 0 Å². The molecule has 0 amide bonds. The average molecular weight is 201 g/mol. The Morgan fingerprint density at radius 1 is 1.30 bits per heavy atom. The highest BCUT2D eigenvalue weighted by Crippen LogP contribution is 2.39. The van der Waals surface area contributed by atoms with Crippen LogP contribution in [0.3, 0.4) is 0 Å². The Kier molecular flexibility index (Phi) is 2.78. The second-order valence-electron chi connectivity index (χ2n) is 1.47. The molecule has 0 aromatic carbocycles. The molecule has 2 unspecified atom stereocenters. The lowest BCUT2D eigenvalue weighted by atomic mass is 10.3. The van der Waals surface area contributed by atoms with Crippen LogP contribution >= 0.6 is 23.2 Å². The lowest BCUT2D eigenvalue weighted by Crippen LogP contribution is -2.45. The number of rotatable bonds is 2. The van der Waals surface area contributed by atoms with Crippen LogP contribution in [0.4, 0.5) is 17.6 Å². The predicted molar refractivity (Wildman–Crippen MR) is 27.6 cm³/mol. The van der Waals surface area contributed by atoms with Crippen molar-refractivity contribution in [1.29, 1.82) is 0 Å². The van der Waals surface area contributed by atoms with Gasteiger partial charge in [-0.15, -0.1) is 0 Å². The quantitative estimate of drug-likeness (QED) is 0.535. The van der Waals surface area contributed by atoms with Gasteiger partial charge in [0.2, 0.25) is 5.63 Å². The van der Waals surface area contributed by atoms with Gasteiger partial charge in [-0.05, 0) is 11.6 Å².